The molecule has 0 aliphatic heterocycles. The van der Waals surface area contributed by atoms with Gasteiger partial charge in [0.25, 0.3) is 0 Å². The Hall–Kier alpha value is -1.89. The molecule has 0 aliphatic rings. The molecule has 0 fully saturated rings. The molecule has 0 aromatic carbocycles. The van der Waals surface area contributed by atoms with Gasteiger partial charge in [0.05, 0.1) is 21.9 Å². The monoisotopic (exact) mass is 280 g/mol. The van der Waals surface area contributed by atoms with Crippen LogP contribution in [0.1, 0.15) is 0 Å². The van der Waals surface area contributed by atoms with Gasteiger partial charge < -0.3 is 0 Å². The summed E-state index contributed by atoms with van der Waals surface area (Å²) in [5.74, 6) is 0. The first-order valence-corrected chi connectivity index (χ1v) is 8.60. The Kier molecular flexibility index (Phi) is 5.05. The minimum Gasteiger partial charge on any atom is -0.248 e. The van der Waals surface area contributed by atoms with E-state index in [1.807, 2.05) is 13.1 Å². The molecule has 0 spiro atoms. The highest BCUT2D eigenvalue weighted by molar-refractivity contribution is 6.54. The highest BCUT2D eigenvalue weighted by Gasteiger charge is 2.14. The van der Waals surface area contributed by atoms with Gasteiger partial charge in [0, 0.05) is 6.17 Å². The number of allylic oxidation sites excluding steroid dienone is 2. The Morgan fingerprint density at radius 2 is 1.26 bits per heavy atom. The van der Waals surface area contributed by atoms with Crippen molar-refractivity contribution in [3.8, 4) is 0 Å². The zero-order valence-electron chi connectivity index (χ0n) is 11.3. The topological polar surface area (TPSA) is 66.0 Å². The molecule has 19 heavy (non-hydrogen) atoms. The summed E-state index contributed by atoms with van der Waals surface area (Å²) in [7, 11) is -0.824. The van der Waals surface area contributed by atoms with Crippen molar-refractivity contribution in [1.29, 1.82) is 0 Å². The van der Waals surface area contributed by atoms with E-state index in [2.05, 4.69) is 13.2 Å². The van der Waals surface area contributed by atoms with E-state index in [0.29, 0.717) is 6.17 Å². The predicted molar refractivity (Wildman–Crippen MR) is 77.1 cm³/mol. The Labute approximate surface area is 112 Å². The fraction of sp³-hybridized carbons (Fsp3) is 0.417. The molecule has 103 valence electrons. The fourth-order valence-electron chi connectivity index (χ4n) is 1.70. The molecule has 0 N–H and O–H groups in total. The van der Waals surface area contributed by atoms with Crippen LogP contribution in [0.2, 0.25) is 13.1 Å². The fourth-order valence-corrected chi connectivity index (χ4v) is 2.61. The van der Waals surface area contributed by atoms with Gasteiger partial charge in [-0.05, 0) is 0 Å². The van der Waals surface area contributed by atoms with E-state index in [4.69, 9.17) is 0 Å². The number of hydrogen-bond acceptors (Lipinski definition) is 3. The highest BCUT2D eigenvalue weighted by atomic mass is 28.3. The van der Waals surface area contributed by atoms with Crippen molar-refractivity contribution in [3.63, 3.8) is 0 Å². The zero-order valence-corrected chi connectivity index (χ0v) is 12.3. The molecule has 1 rings (SSSR count). The molecule has 0 amide bonds. The lowest BCUT2D eigenvalue weighted by atomic mass is 10.5. The third-order valence-corrected chi connectivity index (χ3v) is 3.43. The molecule has 1 radical (unpaired) electrons. The quantitative estimate of drug-likeness (QED) is 0.537. The molecule has 0 unspecified atom stereocenters. The minimum atomic E-state index is -0.824. The lowest BCUT2D eigenvalue weighted by Crippen LogP contribution is -2.55. The van der Waals surface area contributed by atoms with Gasteiger partial charge in [-0.25, -0.2) is 28.1 Å². The number of hydrogen-bond donors (Lipinski definition) is 0. The normalized spacial score (nSPS) is 10.7. The van der Waals surface area contributed by atoms with Crippen LogP contribution in [0.5, 0.6) is 0 Å². The second-order valence-corrected chi connectivity index (χ2v) is 7.17. The van der Waals surface area contributed by atoms with Crippen LogP contribution in [0.4, 0.5) is 0 Å². The summed E-state index contributed by atoms with van der Waals surface area (Å²) in [6.45, 7) is 11.2. The molecule has 7 heteroatoms. The van der Waals surface area contributed by atoms with Gasteiger partial charge in [-0.3, -0.25) is 0 Å². The third kappa shape index (κ3) is 3.11. The summed E-state index contributed by atoms with van der Waals surface area (Å²) < 4.78 is 3.16. The van der Waals surface area contributed by atoms with E-state index in [9.17, 15) is 14.4 Å². The average molecular weight is 280 g/mol. The molecule has 1 heterocycles. The SMILES string of the molecule is C=CCn1c(=O)n(CC=C)c(=O)n(C[Si](C)C)c1=O. The van der Waals surface area contributed by atoms with Crippen molar-refractivity contribution in [2.45, 2.75) is 32.4 Å². The third-order valence-electron chi connectivity index (χ3n) is 2.48. The predicted octanol–water partition coefficient (Wildman–Crippen LogP) is -0.163. The van der Waals surface area contributed by atoms with Crippen molar-refractivity contribution in [1.82, 2.24) is 13.7 Å². The number of aromatic nitrogens is 3. The highest BCUT2D eigenvalue weighted by Crippen LogP contribution is 1.84. The Morgan fingerprint density at radius 3 is 1.58 bits per heavy atom. The van der Waals surface area contributed by atoms with Crippen LogP contribution in [-0.4, -0.2) is 22.5 Å². The van der Waals surface area contributed by atoms with E-state index in [1.165, 1.54) is 12.2 Å². The molecule has 1 aromatic rings. The molecule has 0 saturated carbocycles. The Balaban J connectivity index is 3.68. The van der Waals surface area contributed by atoms with Crippen LogP contribution in [0.15, 0.2) is 39.7 Å². The van der Waals surface area contributed by atoms with Gasteiger partial charge in [0.2, 0.25) is 0 Å². The summed E-state index contributed by atoms with van der Waals surface area (Å²) in [6.07, 6.45) is 3.29. The Bertz CT molecular complexity index is 603. The Morgan fingerprint density at radius 1 is 0.895 bits per heavy atom. The van der Waals surface area contributed by atoms with Crippen LogP contribution in [0.25, 0.3) is 0 Å². The largest absolute Gasteiger partial charge is 0.336 e. The first kappa shape index (κ1) is 15.2. The maximum Gasteiger partial charge on any atom is 0.336 e. The van der Waals surface area contributed by atoms with Crippen LogP contribution in [0, 0.1) is 0 Å². The van der Waals surface area contributed by atoms with Crippen LogP contribution in [0.3, 0.4) is 0 Å². The zero-order chi connectivity index (χ0) is 14.6. The molecule has 6 nitrogen and oxygen atoms in total. The standard InChI is InChI=1S/C12H18N3O3Si/c1-5-7-13-10(16)14(8-6-2)12(18)15(11(13)17)9-19(3)4/h5-6H,1-2,7-9H2,3-4H3. The smallest absolute Gasteiger partial charge is 0.248 e. The second-order valence-electron chi connectivity index (χ2n) is 4.44. The van der Waals surface area contributed by atoms with E-state index in [0.717, 1.165) is 13.7 Å². The van der Waals surface area contributed by atoms with E-state index in [1.54, 1.807) is 0 Å². The summed E-state index contributed by atoms with van der Waals surface area (Å²) in [5.41, 5.74) is -1.75. The van der Waals surface area contributed by atoms with Gasteiger partial charge in [0.15, 0.2) is 0 Å². The molecular weight excluding hydrogens is 262 g/mol. The van der Waals surface area contributed by atoms with Gasteiger partial charge >= 0.3 is 17.1 Å². The van der Waals surface area contributed by atoms with Crippen LogP contribution in [-0.2, 0) is 19.3 Å². The second kappa shape index (κ2) is 6.33. The van der Waals surface area contributed by atoms with Gasteiger partial charge in [-0.2, -0.15) is 0 Å². The van der Waals surface area contributed by atoms with Crippen LogP contribution >= 0.6 is 0 Å². The molecular formula is C12H18N3O3Si. The van der Waals surface area contributed by atoms with Crippen molar-refractivity contribution < 1.29 is 0 Å². The maximum atomic E-state index is 12.1. The first-order valence-electron chi connectivity index (χ1n) is 5.89. The van der Waals surface area contributed by atoms with E-state index >= 15 is 0 Å². The molecule has 0 atom stereocenters. The van der Waals surface area contributed by atoms with E-state index in [-0.39, 0.29) is 13.1 Å². The summed E-state index contributed by atoms with van der Waals surface area (Å²) in [4.78, 5) is 36.3. The summed E-state index contributed by atoms with van der Waals surface area (Å²) in [6, 6.07) is 0. The lowest BCUT2D eigenvalue weighted by molar-refractivity contribution is 0.509. The molecule has 0 saturated heterocycles. The van der Waals surface area contributed by atoms with Crippen LogP contribution < -0.4 is 17.1 Å². The average Bonchev–Trinajstić information content (AvgIpc) is 2.35. The van der Waals surface area contributed by atoms with Gasteiger partial charge in [-0.15, -0.1) is 13.2 Å². The summed E-state index contributed by atoms with van der Waals surface area (Å²) >= 11 is 0. The van der Waals surface area contributed by atoms with Gasteiger partial charge in [-0.1, -0.05) is 25.2 Å². The summed E-state index contributed by atoms with van der Waals surface area (Å²) in [5, 5.41) is 0. The maximum absolute atomic E-state index is 12.1. The van der Waals surface area contributed by atoms with E-state index < -0.39 is 25.9 Å². The van der Waals surface area contributed by atoms with Crippen molar-refractivity contribution >= 4 is 8.80 Å². The molecule has 1 aromatic heterocycles. The molecule has 0 bridgehead atoms. The van der Waals surface area contributed by atoms with Gasteiger partial charge in [0.1, 0.15) is 0 Å². The number of rotatable bonds is 6. The molecule has 0 aliphatic carbocycles. The van der Waals surface area contributed by atoms with Crippen molar-refractivity contribution in [2.24, 2.45) is 0 Å². The first-order chi connectivity index (χ1) is 8.93. The number of nitrogens with zero attached hydrogens (tertiary/aromatic N) is 3. The van der Waals surface area contributed by atoms with Crippen molar-refractivity contribution in [3.05, 3.63) is 56.8 Å². The lowest BCUT2D eigenvalue weighted by Gasteiger charge is -2.12. The minimum absolute atomic E-state index is 0.0879. The van der Waals surface area contributed by atoms with Crippen molar-refractivity contribution in [2.75, 3.05) is 0 Å².